The molecule has 0 saturated carbocycles. The lowest BCUT2D eigenvalue weighted by Crippen LogP contribution is -2.37. The number of carbonyl (C=O) groups excluding carboxylic acids is 2. The van der Waals surface area contributed by atoms with Gasteiger partial charge in [-0.05, 0) is 24.6 Å². The number of nitrogens with one attached hydrogen (secondary N) is 1. The van der Waals surface area contributed by atoms with Gasteiger partial charge in [0, 0.05) is 4.88 Å². The molecule has 0 bridgehead atoms. The third-order valence-electron chi connectivity index (χ3n) is 3.44. The number of hydrogen-bond acceptors (Lipinski definition) is 5. The number of nitrogens with zero attached hydrogens (tertiary/aromatic N) is 1. The number of primary amides is 1. The van der Waals surface area contributed by atoms with Gasteiger partial charge in [-0.2, -0.15) is 0 Å². The van der Waals surface area contributed by atoms with Crippen LogP contribution in [0.5, 0.6) is 0 Å². The number of carbonyl (C=O) groups is 2. The first-order valence-electron chi connectivity index (χ1n) is 7.22. The van der Waals surface area contributed by atoms with Crippen molar-refractivity contribution in [3.8, 4) is 10.8 Å². The van der Waals surface area contributed by atoms with Crippen LogP contribution in [0.2, 0.25) is 0 Å². The van der Waals surface area contributed by atoms with Gasteiger partial charge in [0.2, 0.25) is 5.91 Å². The Morgan fingerprint density at radius 3 is 2.58 bits per heavy atom. The molecule has 7 heteroatoms. The van der Waals surface area contributed by atoms with Crippen LogP contribution in [0.15, 0.2) is 53.1 Å². The molecule has 0 saturated heterocycles. The molecule has 0 spiro atoms. The number of benzene rings is 1. The molecule has 0 aliphatic heterocycles. The maximum atomic E-state index is 12.5. The van der Waals surface area contributed by atoms with Crippen molar-refractivity contribution in [3.05, 3.63) is 64.9 Å². The highest BCUT2D eigenvalue weighted by Crippen LogP contribution is 2.28. The molecule has 0 unspecified atom stereocenters. The molecule has 2 heterocycles. The molecule has 24 heavy (non-hydrogen) atoms. The van der Waals surface area contributed by atoms with Crippen molar-refractivity contribution in [3.63, 3.8) is 0 Å². The van der Waals surface area contributed by atoms with Gasteiger partial charge in [-0.1, -0.05) is 30.3 Å². The Hall–Kier alpha value is -2.93. The number of rotatable bonds is 5. The fourth-order valence-corrected chi connectivity index (χ4v) is 3.16. The van der Waals surface area contributed by atoms with Gasteiger partial charge in [0.15, 0.2) is 10.8 Å². The van der Waals surface area contributed by atoms with Crippen LogP contribution < -0.4 is 11.1 Å². The number of nitrogens with two attached hydrogens (primary N) is 1. The molecule has 2 amide bonds. The molecule has 1 atom stereocenters. The SMILES string of the molecule is Cc1sc(-c2ccco2)nc1C(=O)N[C@H](C(N)=O)c1ccccc1. The van der Waals surface area contributed by atoms with Gasteiger partial charge in [0.25, 0.3) is 5.91 Å². The zero-order chi connectivity index (χ0) is 17.1. The fraction of sp³-hybridized carbons (Fsp3) is 0.118. The fourth-order valence-electron chi connectivity index (χ4n) is 2.28. The van der Waals surface area contributed by atoms with Gasteiger partial charge in [-0.25, -0.2) is 4.98 Å². The summed E-state index contributed by atoms with van der Waals surface area (Å²) in [7, 11) is 0. The maximum absolute atomic E-state index is 12.5. The van der Waals surface area contributed by atoms with E-state index in [1.165, 1.54) is 11.3 Å². The predicted octanol–water partition coefficient (Wildman–Crippen LogP) is 2.67. The first-order chi connectivity index (χ1) is 11.6. The van der Waals surface area contributed by atoms with Crippen LogP contribution in [0.3, 0.4) is 0 Å². The van der Waals surface area contributed by atoms with Crippen molar-refractivity contribution in [1.82, 2.24) is 10.3 Å². The normalized spacial score (nSPS) is 11.9. The Labute approximate surface area is 142 Å². The van der Waals surface area contributed by atoms with Crippen molar-refractivity contribution in [1.29, 1.82) is 0 Å². The Kier molecular flexibility index (Phi) is 4.43. The summed E-state index contributed by atoms with van der Waals surface area (Å²) in [5.41, 5.74) is 6.31. The van der Waals surface area contributed by atoms with E-state index in [-0.39, 0.29) is 5.69 Å². The topological polar surface area (TPSA) is 98.2 Å². The summed E-state index contributed by atoms with van der Waals surface area (Å²) in [5.74, 6) is -0.487. The van der Waals surface area contributed by atoms with Crippen molar-refractivity contribution in [2.75, 3.05) is 0 Å². The summed E-state index contributed by atoms with van der Waals surface area (Å²) in [6, 6.07) is 11.5. The average Bonchev–Trinajstić information content (AvgIpc) is 3.22. The minimum atomic E-state index is -0.910. The summed E-state index contributed by atoms with van der Waals surface area (Å²) < 4.78 is 5.30. The standard InChI is InChI=1S/C17H15N3O3S/c1-10-13(20-17(24-10)12-8-5-9-23-12)16(22)19-14(15(18)21)11-6-3-2-4-7-11/h2-9,14H,1H3,(H2,18,21)(H,19,22)/t14-/m0/s1. The number of hydrogen-bond donors (Lipinski definition) is 2. The van der Waals surface area contributed by atoms with Crippen LogP contribution in [-0.2, 0) is 4.79 Å². The second kappa shape index (κ2) is 6.67. The molecular weight excluding hydrogens is 326 g/mol. The second-order valence-electron chi connectivity index (χ2n) is 5.12. The third-order valence-corrected chi connectivity index (χ3v) is 4.42. The van der Waals surface area contributed by atoms with E-state index in [1.807, 2.05) is 6.07 Å². The molecule has 2 aromatic heterocycles. The molecule has 122 valence electrons. The second-order valence-corrected chi connectivity index (χ2v) is 6.32. The minimum Gasteiger partial charge on any atom is -0.462 e. The summed E-state index contributed by atoms with van der Waals surface area (Å²) >= 11 is 1.35. The van der Waals surface area contributed by atoms with Gasteiger partial charge < -0.3 is 15.5 Å². The van der Waals surface area contributed by atoms with Crippen molar-refractivity contribution in [2.24, 2.45) is 5.73 Å². The Morgan fingerprint density at radius 1 is 1.21 bits per heavy atom. The average molecular weight is 341 g/mol. The lowest BCUT2D eigenvalue weighted by atomic mass is 10.1. The van der Waals surface area contributed by atoms with Crippen LogP contribution in [0, 0.1) is 6.92 Å². The van der Waals surface area contributed by atoms with Gasteiger partial charge in [-0.15, -0.1) is 11.3 Å². The number of aryl methyl sites for hydroxylation is 1. The van der Waals surface area contributed by atoms with Gasteiger partial charge in [0.1, 0.15) is 11.7 Å². The first-order valence-corrected chi connectivity index (χ1v) is 8.04. The first kappa shape index (κ1) is 15.9. The van der Waals surface area contributed by atoms with Crippen molar-refractivity contribution >= 4 is 23.2 Å². The van der Waals surface area contributed by atoms with E-state index in [0.717, 1.165) is 4.88 Å². The third kappa shape index (κ3) is 3.21. The van der Waals surface area contributed by atoms with E-state index >= 15 is 0 Å². The van der Waals surface area contributed by atoms with E-state index in [9.17, 15) is 9.59 Å². The van der Waals surface area contributed by atoms with Crippen molar-refractivity contribution < 1.29 is 14.0 Å². The highest BCUT2D eigenvalue weighted by molar-refractivity contribution is 7.15. The van der Waals surface area contributed by atoms with Gasteiger partial charge in [-0.3, -0.25) is 9.59 Å². The summed E-state index contributed by atoms with van der Waals surface area (Å²) in [6.45, 7) is 1.79. The van der Waals surface area contributed by atoms with Crippen molar-refractivity contribution in [2.45, 2.75) is 13.0 Å². The molecule has 0 fully saturated rings. The zero-order valence-corrected chi connectivity index (χ0v) is 13.7. The van der Waals surface area contributed by atoms with E-state index < -0.39 is 17.9 Å². The quantitative estimate of drug-likeness (QED) is 0.745. The maximum Gasteiger partial charge on any atom is 0.271 e. The van der Waals surface area contributed by atoms with E-state index in [0.29, 0.717) is 16.3 Å². The van der Waals surface area contributed by atoms with Crippen LogP contribution >= 0.6 is 11.3 Å². The number of furan rings is 1. The summed E-state index contributed by atoms with van der Waals surface area (Å²) in [4.78, 5) is 29.3. The molecule has 1 aromatic carbocycles. The summed E-state index contributed by atoms with van der Waals surface area (Å²) in [6.07, 6.45) is 1.55. The smallest absolute Gasteiger partial charge is 0.271 e. The largest absolute Gasteiger partial charge is 0.462 e. The van der Waals surface area contributed by atoms with Gasteiger partial charge in [0.05, 0.1) is 6.26 Å². The zero-order valence-electron chi connectivity index (χ0n) is 12.9. The molecule has 0 aliphatic rings. The summed E-state index contributed by atoms with van der Waals surface area (Å²) in [5, 5.41) is 3.26. The van der Waals surface area contributed by atoms with Crippen LogP contribution in [0.1, 0.15) is 27.0 Å². The van der Waals surface area contributed by atoms with Crippen LogP contribution in [0.25, 0.3) is 10.8 Å². The van der Waals surface area contributed by atoms with E-state index in [2.05, 4.69) is 10.3 Å². The highest BCUT2D eigenvalue weighted by Gasteiger charge is 2.24. The molecular formula is C17H15N3O3S. The lowest BCUT2D eigenvalue weighted by Gasteiger charge is -2.15. The number of aromatic nitrogens is 1. The van der Waals surface area contributed by atoms with Crippen LogP contribution in [-0.4, -0.2) is 16.8 Å². The Bertz CT molecular complexity index is 857. The monoisotopic (exact) mass is 341 g/mol. The predicted molar refractivity (Wildman–Crippen MR) is 90.4 cm³/mol. The molecule has 3 N–H and O–H groups in total. The van der Waals surface area contributed by atoms with E-state index in [1.54, 1.807) is 49.6 Å². The Morgan fingerprint density at radius 2 is 1.96 bits per heavy atom. The number of amides is 2. The molecule has 0 aliphatic carbocycles. The van der Waals surface area contributed by atoms with Gasteiger partial charge >= 0.3 is 0 Å². The lowest BCUT2D eigenvalue weighted by molar-refractivity contribution is -0.120. The molecule has 3 rings (SSSR count). The highest BCUT2D eigenvalue weighted by atomic mass is 32.1. The molecule has 0 radical (unpaired) electrons. The van der Waals surface area contributed by atoms with Crippen LogP contribution in [0.4, 0.5) is 0 Å². The minimum absolute atomic E-state index is 0.258. The molecule has 3 aromatic rings. The molecule has 6 nitrogen and oxygen atoms in total. The Balaban J connectivity index is 1.85. The number of thiazole rings is 1. The van der Waals surface area contributed by atoms with E-state index in [4.69, 9.17) is 10.2 Å².